The molecule has 1 unspecified atom stereocenters. The molecule has 1 heterocycles. The minimum absolute atomic E-state index is 0.00440. The lowest BCUT2D eigenvalue weighted by Gasteiger charge is -2.22. The maximum absolute atomic E-state index is 13.0. The van der Waals surface area contributed by atoms with Crippen molar-refractivity contribution in [3.05, 3.63) is 65.4 Å². The average Bonchev–Trinajstić information content (AvgIpc) is 3.39. The monoisotopic (exact) mass is 616 g/mol. The lowest BCUT2D eigenvalue weighted by atomic mass is 9.86. The first-order valence-electron chi connectivity index (χ1n) is 13.7. The van der Waals surface area contributed by atoms with Gasteiger partial charge in [0, 0.05) is 25.7 Å². The van der Waals surface area contributed by atoms with Gasteiger partial charge in [0.15, 0.2) is 5.13 Å². The number of primary amides is 1. The topological polar surface area (TPSA) is 176 Å². The molecule has 228 valence electrons. The van der Waals surface area contributed by atoms with E-state index >= 15 is 0 Å². The molecule has 2 aromatic carbocycles. The van der Waals surface area contributed by atoms with E-state index in [1.807, 2.05) is 19.1 Å². The van der Waals surface area contributed by atoms with Gasteiger partial charge in [-0.25, -0.2) is 18.1 Å². The van der Waals surface area contributed by atoms with Crippen molar-refractivity contribution in [2.45, 2.75) is 63.1 Å². The third-order valence-electron chi connectivity index (χ3n) is 6.56. The molecule has 0 fully saturated rings. The molecule has 3 rings (SSSR count). The Balaban J connectivity index is 1.65. The molecule has 1 aromatic heterocycles. The number of nitrogens with zero attached hydrogens (tertiary/aromatic N) is 1. The van der Waals surface area contributed by atoms with Crippen LogP contribution in [0.2, 0.25) is 0 Å². The maximum Gasteiger partial charge on any atom is 0.248 e. The molecule has 2 amide bonds. The van der Waals surface area contributed by atoms with E-state index < -0.39 is 28.2 Å². The summed E-state index contributed by atoms with van der Waals surface area (Å²) >= 11 is 1.41. The first-order valence-corrected chi connectivity index (χ1v) is 16.0. The van der Waals surface area contributed by atoms with Crippen molar-refractivity contribution in [2.24, 2.45) is 5.73 Å². The first kappa shape index (κ1) is 33.1. The van der Waals surface area contributed by atoms with E-state index in [1.165, 1.54) is 41.2 Å². The first-order chi connectivity index (χ1) is 19.8. The second kappa shape index (κ2) is 14.2. The smallest absolute Gasteiger partial charge is 0.248 e. The van der Waals surface area contributed by atoms with Gasteiger partial charge in [0.2, 0.25) is 21.8 Å². The number of hydrogen-bond acceptors (Lipinski definition) is 9. The zero-order valence-electron chi connectivity index (χ0n) is 24.5. The quantitative estimate of drug-likeness (QED) is 0.118. The normalized spacial score (nSPS) is 13.4. The molecule has 0 saturated carbocycles. The number of amides is 2. The Hall–Kier alpha value is -3.36. The number of aromatic nitrogens is 1. The predicted molar refractivity (Wildman–Crippen MR) is 166 cm³/mol. The van der Waals surface area contributed by atoms with E-state index in [0.29, 0.717) is 23.7 Å². The standard InChI is InChI=1S/C29H40N6O5S2/c1-6-7-22(26(37)32-16-17-33-42(39,40)21-14-10-19(11-15-21)25(30)36)34-27(38)23-24(41-28(31-5)35-23)18-8-12-20(13-9-18)29(2,3)4/h8-15,22,27,33-34,38H,6-7,16-17H2,1-5H3,(H2,30,36)(H,31,35)(H,32,37)/t22-,27?/m1/s1. The van der Waals surface area contributed by atoms with Crippen LogP contribution in [-0.2, 0) is 20.2 Å². The number of aliphatic hydroxyl groups is 1. The summed E-state index contributed by atoms with van der Waals surface area (Å²) in [7, 11) is -2.09. The summed E-state index contributed by atoms with van der Waals surface area (Å²) in [4.78, 5) is 29.5. The molecular formula is C29H40N6O5S2. The molecule has 0 spiro atoms. The molecule has 0 aliphatic heterocycles. The summed E-state index contributed by atoms with van der Waals surface area (Å²) in [5.41, 5.74) is 7.91. The summed E-state index contributed by atoms with van der Waals surface area (Å²) in [6, 6.07) is 12.6. The maximum atomic E-state index is 13.0. The van der Waals surface area contributed by atoms with E-state index in [-0.39, 0.29) is 34.9 Å². The molecule has 0 saturated heterocycles. The van der Waals surface area contributed by atoms with Gasteiger partial charge in [-0.05, 0) is 47.2 Å². The molecule has 11 nitrogen and oxygen atoms in total. The third kappa shape index (κ3) is 8.58. The Bertz CT molecular complexity index is 1470. The average molecular weight is 617 g/mol. The Morgan fingerprint density at radius 2 is 1.69 bits per heavy atom. The zero-order chi connectivity index (χ0) is 31.1. The van der Waals surface area contributed by atoms with Crippen molar-refractivity contribution < 1.29 is 23.1 Å². The number of rotatable bonds is 14. The Labute approximate surface area is 251 Å². The van der Waals surface area contributed by atoms with Crippen molar-refractivity contribution in [2.75, 3.05) is 25.5 Å². The molecule has 0 aliphatic rings. The van der Waals surface area contributed by atoms with Crippen LogP contribution >= 0.6 is 11.3 Å². The van der Waals surface area contributed by atoms with E-state index in [9.17, 15) is 23.1 Å². The highest BCUT2D eigenvalue weighted by atomic mass is 32.2. The van der Waals surface area contributed by atoms with Crippen molar-refractivity contribution in [1.29, 1.82) is 0 Å². The Morgan fingerprint density at radius 3 is 2.24 bits per heavy atom. The fourth-order valence-corrected chi connectivity index (χ4v) is 6.16. The van der Waals surface area contributed by atoms with Gasteiger partial charge < -0.3 is 21.5 Å². The van der Waals surface area contributed by atoms with Crippen molar-refractivity contribution in [3.8, 4) is 10.4 Å². The third-order valence-corrected chi connectivity index (χ3v) is 9.17. The number of thiazole rings is 1. The number of anilines is 1. The van der Waals surface area contributed by atoms with Crippen LogP contribution in [0, 0.1) is 0 Å². The van der Waals surface area contributed by atoms with E-state index in [4.69, 9.17) is 5.73 Å². The van der Waals surface area contributed by atoms with Crippen LogP contribution < -0.4 is 26.4 Å². The summed E-state index contributed by atoms with van der Waals surface area (Å²) in [6.45, 7) is 8.33. The van der Waals surface area contributed by atoms with Gasteiger partial charge in [-0.2, -0.15) is 0 Å². The minimum atomic E-state index is -3.85. The number of carbonyl (C=O) groups excluding carboxylic acids is 2. The zero-order valence-corrected chi connectivity index (χ0v) is 26.2. The number of hydrogen-bond donors (Lipinski definition) is 6. The van der Waals surface area contributed by atoms with Crippen LogP contribution in [0.4, 0.5) is 5.13 Å². The molecule has 3 aromatic rings. The van der Waals surface area contributed by atoms with Gasteiger partial charge in [0.25, 0.3) is 0 Å². The molecule has 42 heavy (non-hydrogen) atoms. The highest BCUT2D eigenvalue weighted by Crippen LogP contribution is 2.37. The molecule has 0 radical (unpaired) electrons. The predicted octanol–water partition coefficient (Wildman–Crippen LogP) is 3.09. The van der Waals surface area contributed by atoms with E-state index in [0.717, 1.165) is 10.4 Å². The minimum Gasteiger partial charge on any atom is -0.373 e. The van der Waals surface area contributed by atoms with Gasteiger partial charge in [-0.1, -0.05) is 69.7 Å². The fourth-order valence-electron chi connectivity index (χ4n) is 4.18. The van der Waals surface area contributed by atoms with Crippen LogP contribution in [0.15, 0.2) is 53.4 Å². The number of aliphatic hydroxyl groups excluding tert-OH is 1. The number of nitrogens with two attached hydrogens (primary N) is 1. The fraction of sp³-hybridized carbons (Fsp3) is 0.414. The van der Waals surface area contributed by atoms with Gasteiger partial charge in [-0.3, -0.25) is 14.9 Å². The van der Waals surface area contributed by atoms with Gasteiger partial charge in [-0.15, -0.1) is 0 Å². The van der Waals surface area contributed by atoms with Crippen LogP contribution in [0.5, 0.6) is 0 Å². The molecule has 0 aliphatic carbocycles. The van der Waals surface area contributed by atoms with Crippen molar-refractivity contribution >= 4 is 38.3 Å². The lowest BCUT2D eigenvalue weighted by molar-refractivity contribution is -0.124. The van der Waals surface area contributed by atoms with E-state index in [2.05, 4.69) is 58.6 Å². The van der Waals surface area contributed by atoms with Gasteiger partial charge in [0.1, 0.15) is 11.9 Å². The van der Waals surface area contributed by atoms with Crippen LogP contribution in [0.25, 0.3) is 10.4 Å². The molecule has 2 atom stereocenters. The second-order valence-corrected chi connectivity index (χ2v) is 13.6. The highest BCUT2D eigenvalue weighted by molar-refractivity contribution is 7.89. The van der Waals surface area contributed by atoms with Crippen LogP contribution in [-0.4, -0.2) is 56.5 Å². The highest BCUT2D eigenvalue weighted by Gasteiger charge is 2.26. The molecule has 0 bridgehead atoms. The number of benzene rings is 2. The van der Waals surface area contributed by atoms with Crippen molar-refractivity contribution in [3.63, 3.8) is 0 Å². The largest absolute Gasteiger partial charge is 0.373 e. The molecule has 13 heteroatoms. The molecular weight excluding hydrogens is 576 g/mol. The summed E-state index contributed by atoms with van der Waals surface area (Å²) < 4.78 is 27.5. The number of sulfonamides is 1. The second-order valence-electron chi connectivity index (χ2n) is 10.8. The SMILES string of the molecule is CCC[C@@H](NC(O)c1nc(NC)sc1-c1ccc(C(C)(C)C)cc1)C(=O)NCCNS(=O)(=O)c1ccc(C(N)=O)cc1. The lowest BCUT2D eigenvalue weighted by Crippen LogP contribution is -2.47. The molecule has 7 N–H and O–H groups in total. The Kier molecular flexibility index (Phi) is 11.2. The summed E-state index contributed by atoms with van der Waals surface area (Å²) in [5, 5.41) is 20.5. The summed E-state index contributed by atoms with van der Waals surface area (Å²) in [6.07, 6.45) is -0.102. The van der Waals surface area contributed by atoms with Gasteiger partial charge in [0.05, 0.1) is 15.8 Å². The van der Waals surface area contributed by atoms with Crippen LogP contribution in [0.3, 0.4) is 0 Å². The van der Waals surface area contributed by atoms with Gasteiger partial charge >= 0.3 is 0 Å². The van der Waals surface area contributed by atoms with Crippen LogP contribution in [0.1, 0.15) is 68.4 Å². The van der Waals surface area contributed by atoms with Crippen molar-refractivity contribution in [1.82, 2.24) is 20.3 Å². The number of carbonyl (C=O) groups is 2. The van der Waals surface area contributed by atoms with E-state index in [1.54, 1.807) is 7.05 Å². The Morgan fingerprint density at radius 1 is 1.05 bits per heavy atom. The summed E-state index contributed by atoms with van der Waals surface area (Å²) in [5.74, 6) is -1.03. The number of nitrogens with one attached hydrogen (secondary N) is 4.